The highest BCUT2D eigenvalue weighted by atomic mass is 32.2. The molecule has 1 aromatic carbocycles. The zero-order chi connectivity index (χ0) is 24.9. The largest absolute Gasteiger partial charge is 0.337 e. The van der Waals surface area contributed by atoms with E-state index in [1.165, 1.54) is 41.4 Å². The minimum atomic E-state index is -0.377. The molecule has 1 atom stereocenters. The molecule has 0 spiro atoms. The van der Waals surface area contributed by atoms with Crippen molar-refractivity contribution in [1.29, 1.82) is 5.26 Å². The second kappa shape index (κ2) is 11.1. The van der Waals surface area contributed by atoms with Crippen LogP contribution < -0.4 is 10.6 Å². The molecule has 180 valence electrons. The molecule has 0 saturated carbocycles. The third-order valence-electron chi connectivity index (χ3n) is 5.63. The summed E-state index contributed by atoms with van der Waals surface area (Å²) in [7, 11) is 0. The van der Waals surface area contributed by atoms with E-state index in [1.807, 2.05) is 42.6 Å². The van der Waals surface area contributed by atoms with Gasteiger partial charge in [-0.1, -0.05) is 19.1 Å². The number of carbonyl (C=O) groups is 3. The zero-order valence-electron chi connectivity index (χ0n) is 19.3. The Morgan fingerprint density at radius 3 is 2.74 bits per heavy atom. The molecule has 4 rings (SSSR count). The SMILES string of the molecule is CCC(Sc1cccc(NC(=O)c2cccs2)c1)C(=O)Nc1sc2c(c1C#N)CCN(C(C)=O)C2. The average Bonchev–Trinajstić information content (AvgIpc) is 3.50. The number of nitrogens with one attached hydrogen (secondary N) is 2. The maximum Gasteiger partial charge on any atom is 0.265 e. The number of hydrogen-bond donors (Lipinski definition) is 2. The van der Waals surface area contributed by atoms with E-state index >= 15 is 0 Å². The van der Waals surface area contributed by atoms with Gasteiger partial charge >= 0.3 is 0 Å². The molecule has 3 heterocycles. The molecule has 10 heteroatoms. The van der Waals surface area contributed by atoms with E-state index < -0.39 is 0 Å². The Balaban J connectivity index is 1.45. The average molecular weight is 525 g/mol. The van der Waals surface area contributed by atoms with E-state index in [0.29, 0.717) is 47.1 Å². The minimum absolute atomic E-state index is 0.00407. The van der Waals surface area contributed by atoms with Crippen molar-refractivity contribution in [2.24, 2.45) is 0 Å². The molecule has 1 aliphatic heterocycles. The lowest BCUT2D eigenvalue weighted by atomic mass is 10.0. The summed E-state index contributed by atoms with van der Waals surface area (Å²) in [5.74, 6) is -0.339. The van der Waals surface area contributed by atoms with Crippen molar-refractivity contribution >= 4 is 62.8 Å². The lowest BCUT2D eigenvalue weighted by molar-refractivity contribution is -0.129. The summed E-state index contributed by atoms with van der Waals surface area (Å²) >= 11 is 4.17. The lowest BCUT2D eigenvalue weighted by Crippen LogP contribution is -2.33. The molecule has 3 aromatic rings. The van der Waals surface area contributed by atoms with Gasteiger partial charge in [-0.3, -0.25) is 14.4 Å². The highest BCUT2D eigenvalue weighted by Gasteiger charge is 2.27. The summed E-state index contributed by atoms with van der Waals surface area (Å²) in [5, 5.41) is 17.6. The van der Waals surface area contributed by atoms with Gasteiger partial charge in [-0.15, -0.1) is 34.4 Å². The molecular weight excluding hydrogens is 501 g/mol. The lowest BCUT2D eigenvalue weighted by Gasteiger charge is -2.25. The molecule has 2 aromatic heterocycles. The van der Waals surface area contributed by atoms with Gasteiger partial charge in [0, 0.05) is 28.9 Å². The predicted molar refractivity (Wildman–Crippen MR) is 141 cm³/mol. The number of amides is 3. The Morgan fingerprint density at radius 2 is 2.06 bits per heavy atom. The Bertz CT molecular complexity index is 1290. The number of thioether (sulfide) groups is 1. The monoisotopic (exact) mass is 524 g/mol. The van der Waals surface area contributed by atoms with Gasteiger partial charge in [0.15, 0.2) is 0 Å². The van der Waals surface area contributed by atoms with Gasteiger partial charge < -0.3 is 15.5 Å². The molecule has 1 unspecified atom stereocenters. The normalized spacial score (nSPS) is 13.5. The number of thiophene rings is 2. The standard InChI is InChI=1S/C25H24N4O3S3/c1-3-20(34-17-7-4-6-16(12-17)27-24(32)21-8-5-11-33-21)23(31)28-25-19(13-26)18-9-10-29(15(2)30)14-22(18)35-25/h4-8,11-12,20H,3,9-10,14H2,1-2H3,(H,27,32)(H,28,31). The van der Waals surface area contributed by atoms with E-state index in [-0.39, 0.29) is 23.0 Å². The van der Waals surface area contributed by atoms with Crippen molar-refractivity contribution in [2.75, 3.05) is 17.2 Å². The van der Waals surface area contributed by atoms with Crippen molar-refractivity contribution in [3.8, 4) is 6.07 Å². The topological polar surface area (TPSA) is 102 Å². The number of carbonyl (C=O) groups excluding carboxylic acids is 3. The van der Waals surface area contributed by atoms with Crippen LogP contribution in [-0.4, -0.2) is 34.4 Å². The molecule has 3 amide bonds. The molecule has 1 aliphatic rings. The van der Waals surface area contributed by atoms with Crippen LogP contribution in [0.3, 0.4) is 0 Å². The van der Waals surface area contributed by atoms with E-state index in [0.717, 1.165) is 15.3 Å². The highest BCUT2D eigenvalue weighted by Crippen LogP contribution is 2.37. The van der Waals surface area contributed by atoms with Crippen molar-refractivity contribution in [1.82, 2.24) is 4.90 Å². The Morgan fingerprint density at radius 1 is 1.23 bits per heavy atom. The Labute approximate surface area is 216 Å². The van der Waals surface area contributed by atoms with Crippen molar-refractivity contribution in [3.63, 3.8) is 0 Å². The quantitative estimate of drug-likeness (QED) is 0.406. The van der Waals surface area contributed by atoms with Crippen LogP contribution >= 0.6 is 34.4 Å². The molecule has 0 aliphatic carbocycles. The fraction of sp³-hybridized carbons (Fsp3) is 0.280. The van der Waals surface area contributed by atoms with E-state index in [4.69, 9.17) is 0 Å². The zero-order valence-corrected chi connectivity index (χ0v) is 21.7. The molecular formula is C25H24N4O3S3. The predicted octanol–water partition coefficient (Wildman–Crippen LogP) is 5.35. The smallest absolute Gasteiger partial charge is 0.265 e. The van der Waals surface area contributed by atoms with Gasteiger partial charge in [-0.25, -0.2) is 0 Å². The summed E-state index contributed by atoms with van der Waals surface area (Å²) < 4.78 is 0. The first-order valence-electron chi connectivity index (χ1n) is 11.1. The molecule has 0 fully saturated rings. The number of benzene rings is 1. The van der Waals surface area contributed by atoms with Crippen LogP contribution in [0.15, 0.2) is 46.7 Å². The van der Waals surface area contributed by atoms with Gasteiger partial charge in [0.05, 0.1) is 22.2 Å². The third-order valence-corrected chi connectivity index (χ3v) is 8.99. The molecule has 35 heavy (non-hydrogen) atoms. The van der Waals surface area contributed by atoms with Gasteiger partial charge in [-0.05, 0) is 48.1 Å². The molecule has 7 nitrogen and oxygen atoms in total. The number of anilines is 2. The van der Waals surface area contributed by atoms with Crippen LogP contribution in [0.25, 0.3) is 0 Å². The molecule has 0 saturated heterocycles. The van der Waals surface area contributed by atoms with Crippen LogP contribution in [0, 0.1) is 11.3 Å². The van der Waals surface area contributed by atoms with Crippen LogP contribution in [0.1, 0.15) is 45.9 Å². The summed E-state index contributed by atoms with van der Waals surface area (Å²) in [6, 6.07) is 13.3. The van der Waals surface area contributed by atoms with Crippen molar-refractivity contribution < 1.29 is 14.4 Å². The third kappa shape index (κ3) is 5.75. The van der Waals surface area contributed by atoms with Crippen molar-refractivity contribution in [2.45, 2.75) is 43.4 Å². The second-order valence-electron chi connectivity index (χ2n) is 7.97. The number of fused-ring (bicyclic) bond motifs is 1. The first-order valence-corrected chi connectivity index (χ1v) is 13.7. The van der Waals surface area contributed by atoms with Crippen LogP contribution in [0.4, 0.5) is 10.7 Å². The van der Waals surface area contributed by atoms with Crippen molar-refractivity contribution in [3.05, 3.63) is 62.7 Å². The van der Waals surface area contributed by atoms with E-state index in [1.54, 1.807) is 11.0 Å². The number of nitrogens with zero attached hydrogens (tertiary/aromatic N) is 2. The molecule has 2 N–H and O–H groups in total. The van der Waals surface area contributed by atoms with Crippen LogP contribution in [-0.2, 0) is 22.6 Å². The fourth-order valence-corrected chi connectivity index (χ4v) is 6.65. The fourth-order valence-electron chi connectivity index (χ4n) is 3.81. The van der Waals surface area contributed by atoms with Gasteiger partial charge in [-0.2, -0.15) is 5.26 Å². The highest BCUT2D eigenvalue weighted by molar-refractivity contribution is 8.00. The first-order chi connectivity index (χ1) is 16.9. The number of rotatable bonds is 7. The molecule has 0 bridgehead atoms. The maximum atomic E-state index is 13.2. The minimum Gasteiger partial charge on any atom is -0.337 e. The Kier molecular flexibility index (Phi) is 7.90. The van der Waals surface area contributed by atoms with Gasteiger partial charge in [0.25, 0.3) is 5.91 Å². The van der Waals surface area contributed by atoms with E-state index in [9.17, 15) is 19.6 Å². The maximum absolute atomic E-state index is 13.2. The summed E-state index contributed by atoms with van der Waals surface area (Å²) in [5.41, 5.74) is 2.09. The summed E-state index contributed by atoms with van der Waals surface area (Å²) in [6.07, 6.45) is 1.20. The van der Waals surface area contributed by atoms with Crippen LogP contribution in [0.2, 0.25) is 0 Å². The van der Waals surface area contributed by atoms with Gasteiger partial charge in [0.1, 0.15) is 11.1 Å². The summed E-state index contributed by atoms with van der Waals surface area (Å²) in [6.45, 7) is 4.52. The first kappa shape index (κ1) is 25.0. The number of hydrogen-bond acceptors (Lipinski definition) is 7. The molecule has 0 radical (unpaired) electrons. The second-order valence-corrected chi connectivity index (χ2v) is 11.3. The van der Waals surface area contributed by atoms with E-state index in [2.05, 4.69) is 16.7 Å². The van der Waals surface area contributed by atoms with Gasteiger partial charge in [0.2, 0.25) is 11.8 Å². The number of nitriles is 1. The summed E-state index contributed by atoms with van der Waals surface area (Å²) in [4.78, 5) is 41.5. The Hall–Kier alpha value is -3.13. The van der Waals surface area contributed by atoms with Crippen LogP contribution in [0.5, 0.6) is 0 Å².